The van der Waals surface area contributed by atoms with Gasteiger partial charge in [0.05, 0.1) is 12.3 Å². The number of amides is 3. The Labute approximate surface area is 138 Å². The van der Waals surface area contributed by atoms with Crippen LogP contribution in [0.1, 0.15) is 45.3 Å². The number of hydrogen-bond donors (Lipinski definition) is 1. The second-order valence-corrected chi connectivity index (χ2v) is 6.63. The molecule has 132 valence electrons. The first kappa shape index (κ1) is 17.9. The molecule has 1 aliphatic heterocycles. The predicted molar refractivity (Wildman–Crippen MR) is 82.0 cm³/mol. The number of rotatable bonds is 2. The fraction of sp³-hybridized carbons (Fsp3) is 0.600. The van der Waals surface area contributed by atoms with Crippen molar-refractivity contribution in [2.24, 2.45) is 7.05 Å². The lowest BCUT2D eigenvalue weighted by Gasteiger charge is -2.31. The van der Waals surface area contributed by atoms with Crippen molar-refractivity contribution >= 4 is 17.9 Å². The van der Waals surface area contributed by atoms with Crippen LogP contribution in [0.25, 0.3) is 0 Å². The molecule has 0 saturated carbocycles. The van der Waals surface area contributed by atoms with Crippen molar-refractivity contribution in [3.8, 4) is 0 Å². The maximum Gasteiger partial charge on any atom is 0.424 e. The van der Waals surface area contributed by atoms with Crippen LogP contribution in [0.5, 0.6) is 0 Å². The SMILES string of the molecule is Cn1c(CO)cn(C2CCC(=O)N(C(=O)OC(C)(C)C)C2=O)c1=O. The van der Waals surface area contributed by atoms with Gasteiger partial charge in [0.25, 0.3) is 5.91 Å². The fourth-order valence-electron chi connectivity index (χ4n) is 2.49. The lowest BCUT2D eigenvalue weighted by Crippen LogP contribution is -2.51. The van der Waals surface area contributed by atoms with Crippen LogP contribution in [0.3, 0.4) is 0 Å². The van der Waals surface area contributed by atoms with E-state index in [1.807, 2.05) is 0 Å². The molecule has 1 aliphatic rings. The van der Waals surface area contributed by atoms with E-state index in [9.17, 15) is 24.3 Å². The number of carbonyl (C=O) groups is 3. The highest BCUT2D eigenvalue weighted by atomic mass is 16.6. The fourth-order valence-corrected chi connectivity index (χ4v) is 2.49. The largest absolute Gasteiger partial charge is 0.443 e. The maximum atomic E-state index is 12.6. The molecule has 1 unspecified atom stereocenters. The van der Waals surface area contributed by atoms with Crippen LogP contribution in [-0.2, 0) is 28.0 Å². The van der Waals surface area contributed by atoms with Gasteiger partial charge < -0.3 is 9.84 Å². The number of imide groups is 3. The molecule has 0 spiro atoms. The second-order valence-electron chi connectivity index (χ2n) is 6.63. The van der Waals surface area contributed by atoms with Gasteiger partial charge in [0.15, 0.2) is 0 Å². The van der Waals surface area contributed by atoms with Crippen LogP contribution in [0.4, 0.5) is 4.79 Å². The minimum Gasteiger partial charge on any atom is -0.443 e. The number of nitrogens with zero attached hydrogens (tertiary/aromatic N) is 3. The highest BCUT2D eigenvalue weighted by molar-refractivity contribution is 6.11. The second kappa shape index (κ2) is 6.23. The average Bonchev–Trinajstić information content (AvgIpc) is 2.73. The standard InChI is InChI=1S/C15H21N3O6/c1-15(2,3)24-14(23)18-11(20)6-5-10(12(18)21)17-7-9(8-19)16(4)13(17)22/h7,10,19H,5-6,8H2,1-4H3. The summed E-state index contributed by atoms with van der Waals surface area (Å²) in [4.78, 5) is 49.4. The Bertz CT molecular complexity index is 739. The molecule has 0 aliphatic carbocycles. The normalized spacial score (nSPS) is 18.9. The molecule has 1 N–H and O–H groups in total. The topological polar surface area (TPSA) is 111 Å². The summed E-state index contributed by atoms with van der Waals surface area (Å²) in [6, 6.07) is -0.991. The van der Waals surface area contributed by atoms with E-state index in [1.54, 1.807) is 20.8 Å². The molecule has 1 saturated heterocycles. The van der Waals surface area contributed by atoms with E-state index in [0.29, 0.717) is 10.6 Å². The molecule has 24 heavy (non-hydrogen) atoms. The molecular weight excluding hydrogens is 318 g/mol. The summed E-state index contributed by atoms with van der Waals surface area (Å²) < 4.78 is 7.44. The van der Waals surface area contributed by atoms with Crippen molar-refractivity contribution in [3.05, 3.63) is 22.4 Å². The van der Waals surface area contributed by atoms with Gasteiger partial charge in [0.2, 0.25) is 5.91 Å². The monoisotopic (exact) mass is 339 g/mol. The van der Waals surface area contributed by atoms with Gasteiger partial charge >= 0.3 is 11.8 Å². The zero-order valence-corrected chi connectivity index (χ0v) is 14.1. The number of hydrogen-bond acceptors (Lipinski definition) is 6. The molecule has 2 rings (SSSR count). The third-order valence-electron chi connectivity index (χ3n) is 3.69. The minimum absolute atomic E-state index is 0.0640. The number of aliphatic hydroxyl groups excluding tert-OH is 1. The molecule has 1 fully saturated rings. The number of aromatic nitrogens is 2. The number of ether oxygens (including phenoxy) is 1. The molecule has 1 aromatic rings. The summed E-state index contributed by atoms with van der Waals surface area (Å²) in [5, 5.41) is 9.23. The lowest BCUT2D eigenvalue weighted by molar-refractivity contribution is -0.149. The van der Waals surface area contributed by atoms with Crippen LogP contribution in [0.15, 0.2) is 11.0 Å². The summed E-state index contributed by atoms with van der Waals surface area (Å²) in [5.41, 5.74) is -1.04. The molecule has 1 aromatic heterocycles. The predicted octanol–water partition coefficient (Wildman–Crippen LogP) is 0.304. The van der Waals surface area contributed by atoms with Gasteiger partial charge in [-0.2, -0.15) is 4.90 Å². The van der Waals surface area contributed by atoms with Crippen molar-refractivity contribution < 1.29 is 24.2 Å². The van der Waals surface area contributed by atoms with E-state index in [2.05, 4.69) is 0 Å². The van der Waals surface area contributed by atoms with Crippen molar-refractivity contribution in [1.29, 1.82) is 0 Å². The summed E-state index contributed by atoms with van der Waals surface area (Å²) >= 11 is 0. The summed E-state index contributed by atoms with van der Waals surface area (Å²) in [6.45, 7) is 4.50. The number of aliphatic hydroxyl groups is 1. The van der Waals surface area contributed by atoms with E-state index in [0.717, 1.165) is 4.57 Å². The number of piperidine rings is 1. The molecule has 0 radical (unpaired) electrons. The first-order valence-corrected chi connectivity index (χ1v) is 7.54. The maximum absolute atomic E-state index is 12.6. The lowest BCUT2D eigenvalue weighted by atomic mass is 10.0. The van der Waals surface area contributed by atoms with Crippen molar-refractivity contribution in [2.75, 3.05) is 0 Å². The van der Waals surface area contributed by atoms with Crippen LogP contribution in [0.2, 0.25) is 0 Å². The van der Waals surface area contributed by atoms with Gasteiger partial charge in [0, 0.05) is 19.7 Å². The number of imidazole rings is 1. The van der Waals surface area contributed by atoms with Crippen molar-refractivity contribution in [2.45, 2.75) is 51.9 Å². The van der Waals surface area contributed by atoms with E-state index in [1.165, 1.54) is 17.8 Å². The van der Waals surface area contributed by atoms with E-state index in [4.69, 9.17) is 4.74 Å². The molecule has 0 aromatic carbocycles. The molecule has 1 atom stereocenters. The first-order valence-electron chi connectivity index (χ1n) is 7.54. The van der Waals surface area contributed by atoms with E-state index in [-0.39, 0.29) is 19.4 Å². The highest BCUT2D eigenvalue weighted by Crippen LogP contribution is 2.25. The summed E-state index contributed by atoms with van der Waals surface area (Å²) in [6.07, 6.45) is 0.346. The summed E-state index contributed by atoms with van der Waals surface area (Å²) in [5.74, 6) is -1.46. The van der Waals surface area contributed by atoms with Crippen LogP contribution < -0.4 is 5.69 Å². The molecule has 9 heteroatoms. The van der Waals surface area contributed by atoms with Gasteiger partial charge in [-0.1, -0.05) is 0 Å². The van der Waals surface area contributed by atoms with Crippen LogP contribution in [0, 0.1) is 0 Å². The van der Waals surface area contributed by atoms with E-state index >= 15 is 0 Å². The Morgan fingerprint density at radius 2 is 1.96 bits per heavy atom. The van der Waals surface area contributed by atoms with Crippen LogP contribution >= 0.6 is 0 Å². The van der Waals surface area contributed by atoms with Gasteiger partial charge in [0.1, 0.15) is 11.6 Å². The van der Waals surface area contributed by atoms with Gasteiger partial charge in [-0.05, 0) is 27.2 Å². The third kappa shape index (κ3) is 3.25. The van der Waals surface area contributed by atoms with Gasteiger partial charge in [-0.3, -0.25) is 18.7 Å². The quantitative estimate of drug-likeness (QED) is 0.776. The van der Waals surface area contributed by atoms with Crippen LogP contribution in [-0.4, -0.2) is 42.6 Å². The Morgan fingerprint density at radius 3 is 2.46 bits per heavy atom. The Kier molecular flexibility index (Phi) is 4.66. The zero-order chi connectivity index (χ0) is 18.2. The number of carbonyl (C=O) groups excluding carboxylic acids is 3. The average molecular weight is 339 g/mol. The smallest absolute Gasteiger partial charge is 0.424 e. The summed E-state index contributed by atoms with van der Waals surface area (Å²) in [7, 11) is 1.47. The van der Waals surface area contributed by atoms with Crippen molar-refractivity contribution in [3.63, 3.8) is 0 Å². The molecule has 2 heterocycles. The molecule has 0 bridgehead atoms. The Morgan fingerprint density at radius 1 is 1.33 bits per heavy atom. The minimum atomic E-state index is -1.05. The van der Waals surface area contributed by atoms with Crippen molar-refractivity contribution in [1.82, 2.24) is 14.0 Å². The first-order chi connectivity index (χ1) is 11.1. The van der Waals surface area contributed by atoms with E-state index < -0.39 is 35.2 Å². The molecule has 9 nitrogen and oxygen atoms in total. The highest BCUT2D eigenvalue weighted by Gasteiger charge is 2.42. The Balaban J connectivity index is 2.35. The molecular formula is C15H21N3O6. The number of likely N-dealkylation sites (tertiary alicyclic amines) is 1. The van der Waals surface area contributed by atoms with Gasteiger partial charge in [-0.15, -0.1) is 0 Å². The zero-order valence-electron chi connectivity index (χ0n) is 14.1. The molecule has 3 amide bonds. The third-order valence-corrected chi connectivity index (χ3v) is 3.69. The van der Waals surface area contributed by atoms with Gasteiger partial charge in [-0.25, -0.2) is 9.59 Å². The Hall–Kier alpha value is -2.42.